The van der Waals surface area contributed by atoms with E-state index in [0.29, 0.717) is 11.4 Å². The minimum Gasteiger partial charge on any atom is -0.383 e. The number of aromatic nitrogens is 1. The third-order valence-corrected chi connectivity index (χ3v) is 2.39. The van der Waals surface area contributed by atoms with E-state index in [2.05, 4.69) is 43.1 Å². The Morgan fingerprint density at radius 3 is 1.73 bits per heavy atom. The first-order valence-corrected chi connectivity index (χ1v) is 7.75. The van der Waals surface area contributed by atoms with Crippen molar-refractivity contribution in [3.05, 3.63) is 59.3 Å². The molecule has 0 unspecified atom stereocenters. The Morgan fingerprint density at radius 1 is 0.955 bits per heavy atom. The first-order valence-electron chi connectivity index (χ1n) is 7.75. The predicted molar refractivity (Wildman–Crippen MR) is 97.3 cm³/mol. The van der Waals surface area contributed by atoms with Crippen LogP contribution in [0.3, 0.4) is 0 Å². The van der Waals surface area contributed by atoms with Crippen LogP contribution in [0, 0.1) is 13.8 Å². The quantitative estimate of drug-likeness (QED) is 0.734. The lowest BCUT2D eigenvalue weighted by Crippen LogP contribution is -2.00. The van der Waals surface area contributed by atoms with Crippen molar-refractivity contribution in [3.8, 4) is 0 Å². The van der Waals surface area contributed by atoms with Crippen LogP contribution in [0.5, 0.6) is 0 Å². The number of benzene rings is 1. The van der Waals surface area contributed by atoms with E-state index in [9.17, 15) is 4.79 Å². The van der Waals surface area contributed by atoms with Crippen LogP contribution in [-0.2, 0) is 0 Å². The van der Waals surface area contributed by atoms with Gasteiger partial charge in [-0.25, -0.2) is 4.98 Å². The molecule has 2 aromatic rings. The summed E-state index contributed by atoms with van der Waals surface area (Å²) in [5, 5.41) is 0. The van der Waals surface area contributed by atoms with E-state index in [1.807, 2.05) is 27.7 Å². The maximum absolute atomic E-state index is 10.7. The Hall–Kier alpha value is -2.16. The fraction of sp³-hybridized carbons (Fsp3) is 0.368. The van der Waals surface area contributed by atoms with Crippen molar-refractivity contribution in [1.29, 1.82) is 0 Å². The average Bonchev–Trinajstić information content (AvgIpc) is 2.52. The number of Topliss-reactive ketones (excluding diaryl/α,β-unsaturated/α-hetero) is 1. The van der Waals surface area contributed by atoms with Crippen molar-refractivity contribution in [2.45, 2.75) is 48.5 Å². The second kappa shape index (κ2) is 13.8. The molecule has 22 heavy (non-hydrogen) atoms. The molecule has 0 radical (unpaired) electrons. The first kappa shape index (κ1) is 22.1. The molecule has 1 heterocycles. The fourth-order valence-electron chi connectivity index (χ4n) is 1.52. The monoisotopic (exact) mass is 302 g/mol. The second-order valence-electron chi connectivity index (χ2n) is 4.15. The van der Waals surface area contributed by atoms with Crippen LogP contribution in [0.25, 0.3) is 0 Å². The molecular formula is C19H30N2O. The van der Waals surface area contributed by atoms with Gasteiger partial charge in [0.15, 0.2) is 5.78 Å². The summed E-state index contributed by atoms with van der Waals surface area (Å²) in [5.41, 5.74) is 8.55. The zero-order chi connectivity index (χ0) is 17.5. The van der Waals surface area contributed by atoms with Gasteiger partial charge in [-0.1, -0.05) is 63.1 Å². The van der Waals surface area contributed by atoms with E-state index in [1.54, 1.807) is 18.3 Å². The number of hydrogen-bond acceptors (Lipinski definition) is 3. The van der Waals surface area contributed by atoms with E-state index in [-0.39, 0.29) is 5.78 Å². The molecule has 3 heteroatoms. The Morgan fingerprint density at radius 2 is 1.45 bits per heavy atom. The van der Waals surface area contributed by atoms with Gasteiger partial charge in [0.2, 0.25) is 0 Å². The SMILES string of the molecule is CC.CC.CC(=O)c1cccnc1N.Cc1cccc(C)c1. The topological polar surface area (TPSA) is 56.0 Å². The van der Waals surface area contributed by atoms with Crippen molar-refractivity contribution in [3.63, 3.8) is 0 Å². The zero-order valence-electron chi connectivity index (χ0n) is 15.0. The number of carbonyl (C=O) groups excluding carboxylic acids is 1. The molecule has 0 amide bonds. The predicted octanol–water partition coefficient (Wildman–Crippen LogP) is 5.22. The highest BCUT2D eigenvalue weighted by molar-refractivity contribution is 5.98. The van der Waals surface area contributed by atoms with Crippen LogP contribution in [0.15, 0.2) is 42.6 Å². The normalized spacial score (nSPS) is 8.14. The number of hydrogen-bond donors (Lipinski definition) is 1. The van der Waals surface area contributed by atoms with Gasteiger partial charge in [0.05, 0.1) is 5.56 Å². The Bertz CT molecular complexity index is 519. The van der Waals surface area contributed by atoms with Gasteiger partial charge in [-0.15, -0.1) is 0 Å². The number of nitrogens with two attached hydrogens (primary N) is 1. The largest absolute Gasteiger partial charge is 0.383 e. The maximum Gasteiger partial charge on any atom is 0.163 e. The van der Waals surface area contributed by atoms with Crippen molar-refractivity contribution >= 4 is 11.6 Å². The zero-order valence-corrected chi connectivity index (χ0v) is 15.0. The number of anilines is 1. The van der Waals surface area contributed by atoms with Crippen molar-refractivity contribution < 1.29 is 4.79 Å². The number of carbonyl (C=O) groups is 1. The number of ketones is 1. The molecule has 1 aromatic carbocycles. The molecule has 0 aliphatic carbocycles. The lowest BCUT2D eigenvalue weighted by molar-refractivity contribution is 0.101. The van der Waals surface area contributed by atoms with Gasteiger partial charge in [-0.2, -0.15) is 0 Å². The molecular weight excluding hydrogens is 272 g/mol. The summed E-state index contributed by atoms with van der Waals surface area (Å²) in [6.07, 6.45) is 1.56. The smallest absolute Gasteiger partial charge is 0.163 e. The van der Waals surface area contributed by atoms with Crippen molar-refractivity contribution in [2.24, 2.45) is 0 Å². The highest BCUT2D eigenvalue weighted by Gasteiger charge is 2.01. The number of rotatable bonds is 1. The molecule has 0 bridgehead atoms. The standard InChI is InChI=1S/C8H10.C7H8N2O.2C2H6/c1-7-4-3-5-8(2)6-7;1-5(10)6-3-2-4-9-7(6)8;2*1-2/h3-6H,1-2H3;2-4H,1H3,(H2,8,9);2*1-2H3. The molecule has 0 aliphatic heterocycles. The van der Waals surface area contributed by atoms with Gasteiger partial charge in [0, 0.05) is 6.20 Å². The summed E-state index contributed by atoms with van der Waals surface area (Å²) >= 11 is 0. The van der Waals surface area contributed by atoms with Gasteiger partial charge < -0.3 is 5.73 Å². The summed E-state index contributed by atoms with van der Waals surface area (Å²) < 4.78 is 0. The molecule has 2 N–H and O–H groups in total. The van der Waals surface area contributed by atoms with Crippen LogP contribution in [-0.4, -0.2) is 10.8 Å². The average molecular weight is 302 g/mol. The molecule has 0 saturated heterocycles. The summed E-state index contributed by atoms with van der Waals surface area (Å²) in [4.78, 5) is 14.5. The van der Waals surface area contributed by atoms with Gasteiger partial charge in [0.25, 0.3) is 0 Å². The summed E-state index contributed by atoms with van der Waals surface area (Å²) in [6.45, 7) is 13.7. The van der Waals surface area contributed by atoms with Gasteiger partial charge in [0.1, 0.15) is 5.82 Å². The van der Waals surface area contributed by atoms with E-state index in [1.165, 1.54) is 18.1 Å². The molecule has 0 spiro atoms. The Labute approximate surface area is 135 Å². The number of pyridine rings is 1. The molecule has 0 saturated carbocycles. The van der Waals surface area contributed by atoms with Crippen LogP contribution in [0.4, 0.5) is 5.82 Å². The Balaban J connectivity index is 0. The minimum absolute atomic E-state index is 0.0504. The van der Waals surface area contributed by atoms with E-state index in [4.69, 9.17) is 5.73 Å². The molecule has 1 aromatic heterocycles. The second-order valence-corrected chi connectivity index (χ2v) is 4.15. The van der Waals surface area contributed by atoms with Gasteiger partial charge in [-0.05, 0) is 32.9 Å². The third kappa shape index (κ3) is 9.70. The molecule has 3 nitrogen and oxygen atoms in total. The molecule has 0 aliphatic rings. The highest BCUT2D eigenvalue weighted by Crippen LogP contribution is 2.06. The van der Waals surface area contributed by atoms with Crippen LogP contribution >= 0.6 is 0 Å². The lowest BCUT2D eigenvalue weighted by Gasteiger charge is -1.96. The molecule has 0 atom stereocenters. The number of nitrogen functional groups attached to an aromatic ring is 1. The maximum atomic E-state index is 10.7. The van der Waals surface area contributed by atoms with Crippen molar-refractivity contribution in [2.75, 3.05) is 5.73 Å². The first-order chi connectivity index (χ1) is 10.5. The summed E-state index contributed by atoms with van der Waals surface area (Å²) in [5.74, 6) is 0.251. The summed E-state index contributed by atoms with van der Waals surface area (Å²) in [7, 11) is 0. The van der Waals surface area contributed by atoms with Gasteiger partial charge in [-0.3, -0.25) is 4.79 Å². The van der Waals surface area contributed by atoms with Crippen LogP contribution in [0.1, 0.15) is 56.1 Å². The van der Waals surface area contributed by atoms with Crippen LogP contribution in [0.2, 0.25) is 0 Å². The molecule has 122 valence electrons. The van der Waals surface area contributed by atoms with Gasteiger partial charge >= 0.3 is 0 Å². The van der Waals surface area contributed by atoms with Crippen molar-refractivity contribution in [1.82, 2.24) is 4.98 Å². The summed E-state index contributed by atoms with van der Waals surface area (Å²) in [6, 6.07) is 11.8. The third-order valence-electron chi connectivity index (χ3n) is 2.39. The van der Waals surface area contributed by atoms with E-state index < -0.39 is 0 Å². The Kier molecular flexibility index (Phi) is 13.9. The highest BCUT2D eigenvalue weighted by atomic mass is 16.1. The number of aryl methyl sites for hydroxylation is 2. The van der Waals surface area contributed by atoms with Crippen LogP contribution < -0.4 is 5.73 Å². The lowest BCUT2D eigenvalue weighted by atomic mass is 10.2. The van der Waals surface area contributed by atoms with E-state index in [0.717, 1.165) is 0 Å². The minimum atomic E-state index is -0.0504. The van der Waals surface area contributed by atoms with E-state index >= 15 is 0 Å². The molecule has 0 fully saturated rings. The molecule has 2 rings (SSSR count). The fourth-order valence-corrected chi connectivity index (χ4v) is 1.52. The number of nitrogens with zero attached hydrogens (tertiary/aromatic N) is 1.